The molecule has 0 saturated carbocycles. The normalized spacial score (nSPS) is 10.8. The Bertz CT molecular complexity index is 1850. The third-order valence-corrected chi connectivity index (χ3v) is 8.18. The molecule has 0 bridgehead atoms. The summed E-state index contributed by atoms with van der Waals surface area (Å²) in [7, 11) is 5.97. The average molecular weight is 739 g/mol. The van der Waals surface area contributed by atoms with Gasteiger partial charge in [-0.05, 0) is 102 Å². The highest BCUT2D eigenvalue weighted by Crippen LogP contribution is 2.29. The fourth-order valence-corrected chi connectivity index (χ4v) is 5.13. The lowest BCUT2D eigenvalue weighted by atomic mass is 10.0. The molecular weight excluding hydrogens is 692 g/mol. The SMILES string of the molecule is COc1cc(/C=C/C(=O)CC(=O)/C=C/c2ccc(O)c(OC)c2)ccc1O.COc1cc(CCC(=O)CC(=O)CCc2ccc(O)c(OC)c2)ccc1C. The first kappa shape index (κ1) is 42.1. The van der Waals surface area contributed by atoms with Crippen LogP contribution in [0.1, 0.15) is 53.5 Å². The predicted molar refractivity (Wildman–Crippen MR) is 206 cm³/mol. The molecule has 0 heterocycles. The summed E-state index contributed by atoms with van der Waals surface area (Å²) in [4.78, 5) is 48.0. The molecule has 0 aromatic heterocycles. The summed E-state index contributed by atoms with van der Waals surface area (Å²) in [5.74, 6) is 1.04. The van der Waals surface area contributed by atoms with Gasteiger partial charge in [0.25, 0.3) is 0 Å². The first-order valence-electron chi connectivity index (χ1n) is 17.0. The zero-order chi connectivity index (χ0) is 39.6. The van der Waals surface area contributed by atoms with Crippen molar-refractivity contribution in [3.63, 3.8) is 0 Å². The number of aryl methyl sites for hydroxylation is 3. The van der Waals surface area contributed by atoms with Crippen LogP contribution in [0.4, 0.5) is 0 Å². The summed E-state index contributed by atoms with van der Waals surface area (Å²) >= 11 is 0. The fourth-order valence-electron chi connectivity index (χ4n) is 5.13. The molecular formula is C43H46O11. The Kier molecular flexibility index (Phi) is 16.5. The number of aromatic hydroxyl groups is 3. The zero-order valence-electron chi connectivity index (χ0n) is 31.1. The third-order valence-electron chi connectivity index (χ3n) is 8.18. The molecule has 0 unspecified atom stereocenters. The van der Waals surface area contributed by atoms with Crippen molar-refractivity contribution in [3.05, 3.63) is 113 Å². The Hall–Kier alpha value is -6.36. The minimum absolute atomic E-state index is 0.00662. The summed E-state index contributed by atoms with van der Waals surface area (Å²) in [6.07, 6.45) is 7.13. The molecule has 0 fully saturated rings. The van der Waals surface area contributed by atoms with Gasteiger partial charge >= 0.3 is 0 Å². The Morgan fingerprint density at radius 1 is 0.519 bits per heavy atom. The lowest BCUT2D eigenvalue weighted by Gasteiger charge is -2.08. The van der Waals surface area contributed by atoms with Crippen molar-refractivity contribution < 1.29 is 53.4 Å². The number of Topliss-reactive ketones (excluding diaryl/α,β-unsaturated/α-hetero) is 2. The lowest BCUT2D eigenvalue weighted by Crippen LogP contribution is -2.09. The molecule has 0 atom stereocenters. The number of rotatable bonds is 18. The number of hydrogen-bond donors (Lipinski definition) is 3. The number of phenols is 3. The van der Waals surface area contributed by atoms with Crippen LogP contribution in [0.25, 0.3) is 12.2 Å². The molecule has 0 aliphatic rings. The standard InChI is InChI=1S/C22H26O5.C21H20O6/c1-15-4-5-16(12-21(15)26-2)6-9-18(23)14-19(24)10-7-17-8-11-20(25)22(13-17)27-3;1-26-20-11-14(5-9-18(20)24)3-7-16(22)13-17(23)8-4-15-6-10-19(25)21(12-15)27-2/h4-5,8,11-13,25H,6-7,9-10,14H2,1-3H3;3-12,24-25H,13H2,1-2H3/b;7-3+,8-4+. The molecule has 0 amide bonds. The molecule has 11 heteroatoms. The summed E-state index contributed by atoms with van der Waals surface area (Å²) in [6.45, 7) is 1.97. The average Bonchev–Trinajstić information content (AvgIpc) is 3.16. The van der Waals surface area contributed by atoms with Gasteiger partial charge in [0.05, 0.1) is 41.3 Å². The Morgan fingerprint density at radius 3 is 1.35 bits per heavy atom. The smallest absolute Gasteiger partial charge is 0.163 e. The second-order valence-electron chi connectivity index (χ2n) is 12.2. The molecule has 4 aromatic carbocycles. The molecule has 0 radical (unpaired) electrons. The van der Waals surface area contributed by atoms with E-state index < -0.39 is 0 Å². The molecule has 0 aliphatic heterocycles. The first-order valence-corrected chi connectivity index (χ1v) is 17.0. The predicted octanol–water partition coefficient (Wildman–Crippen LogP) is 7.18. The van der Waals surface area contributed by atoms with E-state index >= 15 is 0 Å². The van der Waals surface area contributed by atoms with Gasteiger partial charge in [-0.2, -0.15) is 0 Å². The molecule has 0 spiro atoms. The van der Waals surface area contributed by atoms with Crippen molar-refractivity contribution >= 4 is 35.3 Å². The molecule has 284 valence electrons. The van der Waals surface area contributed by atoms with Crippen molar-refractivity contribution in [1.29, 1.82) is 0 Å². The molecule has 0 aliphatic carbocycles. The maximum atomic E-state index is 12.1. The van der Waals surface area contributed by atoms with Crippen LogP contribution in [0.3, 0.4) is 0 Å². The van der Waals surface area contributed by atoms with Crippen LogP contribution in [0, 0.1) is 6.92 Å². The van der Waals surface area contributed by atoms with E-state index in [1.54, 1.807) is 61.7 Å². The zero-order valence-corrected chi connectivity index (χ0v) is 31.1. The lowest BCUT2D eigenvalue weighted by molar-refractivity contribution is -0.127. The number of benzene rings is 4. The van der Waals surface area contributed by atoms with Crippen LogP contribution >= 0.6 is 0 Å². The van der Waals surface area contributed by atoms with Gasteiger partial charge in [-0.15, -0.1) is 0 Å². The molecule has 4 aromatic rings. The maximum Gasteiger partial charge on any atom is 0.163 e. The van der Waals surface area contributed by atoms with E-state index in [4.69, 9.17) is 18.9 Å². The van der Waals surface area contributed by atoms with E-state index in [1.807, 2.05) is 25.1 Å². The van der Waals surface area contributed by atoms with Crippen molar-refractivity contribution in [3.8, 4) is 40.2 Å². The van der Waals surface area contributed by atoms with Gasteiger partial charge < -0.3 is 34.3 Å². The number of allylic oxidation sites excluding steroid dienone is 2. The first-order chi connectivity index (χ1) is 25.8. The van der Waals surface area contributed by atoms with Crippen LogP contribution in [0.15, 0.2) is 84.9 Å². The monoisotopic (exact) mass is 738 g/mol. The van der Waals surface area contributed by atoms with Gasteiger partial charge in [-0.1, -0.05) is 42.5 Å². The van der Waals surface area contributed by atoms with Crippen molar-refractivity contribution in [2.24, 2.45) is 0 Å². The highest BCUT2D eigenvalue weighted by Gasteiger charge is 2.12. The largest absolute Gasteiger partial charge is 0.504 e. The van der Waals surface area contributed by atoms with Crippen LogP contribution in [0.2, 0.25) is 0 Å². The molecule has 4 rings (SSSR count). The number of phenolic OH excluding ortho intramolecular Hbond substituents is 3. The number of carbonyl (C=O) groups is 4. The summed E-state index contributed by atoms with van der Waals surface area (Å²) in [5, 5.41) is 28.7. The van der Waals surface area contributed by atoms with Gasteiger partial charge in [-0.3, -0.25) is 19.2 Å². The van der Waals surface area contributed by atoms with E-state index in [0.717, 1.165) is 22.4 Å². The van der Waals surface area contributed by atoms with E-state index in [-0.39, 0.29) is 59.6 Å². The van der Waals surface area contributed by atoms with Crippen LogP contribution in [-0.2, 0) is 32.0 Å². The van der Waals surface area contributed by atoms with Crippen LogP contribution < -0.4 is 18.9 Å². The topological polar surface area (TPSA) is 166 Å². The number of carbonyl (C=O) groups excluding carboxylic acids is 4. The molecule has 3 N–H and O–H groups in total. The number of methoxy groups -OCH3 is 4. The van der Waals surface area contributed by atoms with Gasteiger partial charge in [-0.25, -0.2) is 0 Å². The Balaban J connectivity index is 0.000000290. The van der Waals surface area contributed by atoms with Crippen molar-refractivity contribution in [1.82, 2.24) is 0 Å². The number of hydrogen-bond acceptors (Lipinski definition) is 11. The minimum atomic E-state index is -0.347. The van der Waals surface area contributed by atoms with Crippen molar-refractivity contribution in [2.45, 2.75) is 45.4 Å². The third kappa shape index (κ3) is 13.6. The number of ether oxygens (including phenoxy) is 4. The Morgan fingerprint density at radius 2 is 0.907 bits per heavy atom. The maximum absolute atomic E-state index is 12.1. The molecule has 0 saturated heterocycles. The highest BCUT2D eigenvalue weighted by molar-refractivity contribution is 6.11. The van der Waals surface area contributed by atoms with Gasteiger partial charge in [0.1, 0.15) is 17.3 Å². The van der Waals surface area contributed by atoms with Crippen LogP contribution in [-0.4, -0.2) is 66.9 Å². The van der Waals surface area contributed by atoms with Crippen molar-refractivity contribution in [2.75, 3.05) is 28.4 Å². The Labute approximate surface area is 315 Å². The quantitative estimate of drug-likeness (QED) is 0.0699. The van der Waals surface area contributed by atoms with Crippen LogP contribution in [0.5, 0.6) is 40.2 Å². The van der Waals surface area contributed by atoms with Gasteiger partial charge in [0.15, 0.2) is 46.1 Å². The molecule has 11 nitrogen and oxygen atoms in total. The van der Waals surface area contributed by atoms with Gasteiger partial charge in [0.2, 0.25) is 0 Å². The summed E-state index contributed by atoms with van der Waals surface area (Å²) in [5.41, 5.74) is 4.29. The second kappa shape index (κ2) is 21.2. The minimum Gasteiger partial charge on any atom is -0.504 e. The van der Waals surface area contributed by atoms with E-state index in [0.29, 0.717) is 47.6 Å². The van der Waals surface area contributed by atoms with E-state index in [1.165, 1.54) is 45.6 Å². The summed E-state index contributed by atoms with van der Waals surface area (Å²) in [6, 6.07) is 20.2. The van der Waals surface area contributed by atoms with Gasteiger partial charge in [0, 0.05) is 12.8 Å². The fraction of sp³-hybridized carbons (Fsp3) is 0.256. The van der Waals surface area contributed by atoms with E-state index in [2.05, 4.69) is 0 Å². The second-order valence-corrected chi connectivity index (χ2v) is 12.2. The highest BCUT2D eigenvalue weighted by atomic mass is 16.5. The number of ketones is 4. The molecule has 54 heavy (non-hydrogen) atoms. The summed E-state index contributed by atoms with van der Waals surface area (Å²) < 4.78 is 20.3. The van der Waals surface area contributed by atoms with E-state index in [9.17, 15) is 34.5 Å².